The van der Waals surface area contributed by atoms with E-state index < -0.39 is 17.7 Å². The van der Waals surface area contributed by atoms with E-state index in [1.54, 1.807) is 11.0 Å². The van der Waals surface area contributed by atoms with Crippen LogP contribution in [0.3, 0.4) is 0 Å². The number of likely N-dealkylation sites (tertiary alicyclic amines) is 1. The van der Waals surface area contributed by atoms with Crippen molar-refractivity contribution in [3.05, 3.63) is 74.8 Å². The molecule has 6 heteroatoms. The summed E-state index contributed by atoms with van der Waals surface area (Å²) in [5, 5.41) is 11.2. The summed E-state index contributed by atoms with van der Waals surface area (Å²) < 4.78 is 0.916. The highest BCUT2D eigenvalue weighted by atomic mass is 79.9. The van der Waals surface area contributed by atoms with Crippen LogP contribution in [0, 0.1) is 13.8 Å². The minimum Gasteiger partial charge on any atom is -0.507 e. The van der Waals surface area contributed by atoms with E-state index in [4.69, 9.17) is 0 Å². The molecule has 1 saturated heterocycles. The number of nitrogens with zero attached hydrogens (tertiary/aromatic N) is 2. The highest BCUT2D eigenvalue weighted by Gasteiger charge is 2.46. The average Bonchev–Trinajstić information content (AvgIpc) is 3.01. The van der Waals surface area contributed by atoms with Crippen LogP contribution in [0.2, 0.25) is 0 Å². The maximum absolute atomic E-state index is 13.1. The van der Waals surface area contributed by atoms with Gasteiger partial charge in [0.2, 0.25) is 0 Å². The fourth-order valence-corrected chi connectivity index (χ4v) is 4.28. The number of hydrogen-bond acceptors (Lipinski definition) is 4. The van der Waals surface area contributed by atoms with E-state index in [0.29, 0.717) is 18.7 Å². The van der Waals surface area contributed by atoms with Gasteiger partial charge in [0.25, 0.3) is 11.7 Å². The molecule has 2 aromatic rings. The smallest absolute Gasteiger partial charge is 0.295 e. The summed E-state index contributed by atoms with van der Waals surface area (Å²) in [6.45, 7) is 10.9. The number of carbonyl (C=O) groups is 2. The van der Waals surface area contributed by atoms with Crippen LogP contribution in [0.15, 0.2) is 52.5 Å². The average molecular weight is 485 g/mol. The molecule has 0 radical (unpaired) electrons. The third-order valence-electron chi connectivity index (χ3n) is 5.88. The summed E-state index contributed by atoms with van der Waals surface area (Å²) in [4.78, 5) is 30.0. The number of rotatable bonds is 7. The molecule has 0 spiro atoms. The van der Waals surface area contributed by atoms with Gasteiger partial charge in [-0.05, 0) is 50.2 Å². The van der Waals surface area contributed by atoms with Gasteiger partial charge in [0, 0.05) is 23.1 Å². The van der Waals surface area contributed by atoms with E-state index in [1.807, 2.05) is 50.2 Å². The van der Waals surface area contributed by atoms with Gasteiger partial charge >= 0.3 is 0 Å². The van der Waals surface area contributed by atoms with Gasteiger partial charge in [0.15, 0.2) is 0 Å². The van der Waals surface area contributed by atoms with E-state index in [1.165, 1.54) is 0 Å². The summed E-state index contributed by atoms with van der Waals surface area (Å²) >= 11 is 3.47. The topological polar surface area (TPSA) is 60.9 Å². The minimum absolute atomic E-state index is 0.134. The number of aliphatic hydroxyl groups excluding tert-OH is 1. The van der Waals surface area contributed by atoms with Crippen molar-refractivity contribution in [3.8, 4) is 0 Å². The Labute approximate surface area is 192 Å². The lowest BCUT2D eigenvalue weighted by Gasteiger charge is -2.28. The fraction of sp³-hybridized carbons (Fsp3) is 0.360. The van der Waals surface area contributed by atoms with Crippen LogP contribution in [0.4, 0.5) is 0 Å². The molecule has 0 aromatic heterocycles. The Morgan fingerprint density at radius 3 is 2.42 bits per heavy atom. The van der Waals surface area contributed by atoms with Crippen molar-refractivity contribution in [1.82, 2.24) is 9.80 Å². The highest BCUT2D eigenvalue weighted by molar-refractivity contribution is 9.10. The van der Waals surface area contributed by atoms with Gasteiger partial charge in [-0.2, -0.15) is 0 Å². The van der Waals surface area contributed by atoms with E-state index in [-0.39, 0.29) is 11.3 Å². The van der Waals surface area contributed by atoms with Gasteiger partial charge in [-0.3, -0.25) is 9.59 Å². The molecule has 0 bridgehead atoms. The monoisotopic (exact) mass is 484 g/mol. The van der Waals surface area contributed by atoms with Crippen molar-refractivity contribution in [3.63, 3.8) is 0 Å². The Kier molecular flexibility index (Phi) is 7.34. The molecule has 1 fully saturated rings. The molecule has 1 aliphatic rings. The minimum atomic E-state index is -0.635. The van der Waals surface area contributed by atoms with Crippen LogP contribution >= 0.6 is 15.9 Å². The molecule has 2 aromatic carbocycles. The van der Waals surface area contributed by atoms with Crippen molar-refractivity contribution in [2.24, 2.45) is 0 Å². The van der Waals surface area contributed by atoms with Crippen molar-refractivity contribution in [2.45, 2.75) is 33.7 Å². The van der Waals surface area contributed by atoms with Crippen LogP contribution in [-0.2, 0) is 9.59 Å². The Hall–Kier alpha value is -2.44. The molecule has 1 atom stereocenters. The normalized spacial score (nSPS) is 18.3. The van der Waals surface area contributed by atoms with Crippen LogP contribution in [0.1, 0.15) is 42.1 Å². The molecule has 31 heavy (non-hydrogen) atoms. The number of carbonyl (C=O) groups excluding carboxylic acids is 2. The molecule has 0 saturated carbocycles. The molecule has 1 aliphatic heterocycles. The number of benzene rings is 2. The third-order valence-corrected chi connectivity index (χ3v) is 6.77. The molecule has 1 heterocycles. The van der Waals surface area contributed by atoms with Crippen molar-refractivity contribution in [2.75, 3.05) is 26.2 Å². The van der Waals surface area contributed by atoms with Gasteiger partial charge in [-0.1, -0.05) is 65.7 Å². The second-order valence-electron chi connectivity index (χ2n) is 7.90. The largest absolute Gasteiger partial charge is 0.507 e. The van der Waals surface area contributed by atoms with E-state index in [0.717, 1.165) is 34.3 Å². The van der Waals surface area contributed by atoms with Gasteiger partial charge in [-0.15, -0.1) is 0 Å². The number of aryl methyl sites for hydroxylation is 2. The van der Waals surface area contributed by atoms with Crippen LogP contribution in [0.5, 0.6) is 0 Å². The third kappa shape index (κ3) is 4.75. The standard InChI is InChI=1S/C25H29BrN2O3/c1-5-27(6-2)12-13-28-22(18-9-7-8-16(3)14-18)21(24(30)25(28)31)23(29)19-10-11-20(26)17(4)15-19/h7-11,14-15,22,29H,5-6,12-13H2,1-4H3/b23-21-. The number of Topliss-reactive ketones (excluding diaryl/α,β-unsaturated/α-hetero) is 1. The van der Waals surface area contributed by atoms with Crippen LogP contribution in [0.25, 0.3) is 5.76 Å². The van der Waals surface area contributed by atoms with Crippen molar-refractivity contribution in [1.29, 1.82) is 0 Å². The quantitative estimate of drug-likeness (QED) is 0.347. The van der Waals surface area contributed by atoms with Crippen LogP contribution < -0.4 is 0 Å². The maximum atomic E-state index is 13.1. The first-order valence-electron chi connectivity index (χ1n) is 10.6. The first-order valence-corrected chi connectivity index (χ1v) is 11.4. The van der Waals surface area contributed by atoms with Gasteiger partial charge in [0.1, 0.15) is 5.76 Å². The Bertz CT molecular complexity index is 1030. The number of amides is 1. The SMILES string of the molecule is CCN(CC)CCN1C(=O)C(=O)/C(=C(\O)c2ccc(Br)c(C)c2)C1c1cccc(C)c1. The highest BCUT2D eigenvalue weighted by Crippen LogP contribution is 2.39. The molecule has 0 aliphatic carbocycles. The number of ketones is 1. The first-order chi connectivity index (χ1) is 14.8. The predicted molar refractivity (Wildman–Crippen MR) is 127 cm³/mol. The first kappa shape index (κ1) is 23.2. The molecule has 164 valence electrons. The summed E-state index contributed by atoms with van der Waals surface area (Å²) in [5.41, 5.74) is 3.48. The molecular weight excluding hydrogens is 456 g/mol. The van der Waals surface area contributed by atoms with E-state index >= 15 is 0 Å². The van der Waals surface area contributed by atoms with Gasteiger partial charge in [-0.25, -0.2) is 0 Å². The maximum Gasteiger partial charge on any atom is 0.295 e. The Balaban J connectivity index is 2.12. The predicted octanol–water partition coefficient (Wildman–Crippen LogP) is 4.83. The number of halogens is 1. The Morgan fingerprint density at radius 1 is 1.10 bits per heavy atom. The van der Waals surface area contributed by atoms with Crippen molar-refractivity contribution < 1.29 is 14.7 Å². The van der Waals surface area contributed by atoms with Crippen molar-refractivity contribution >= 4 is 33.4 Å². The Morgan fingerprint density at radius 2 is 1.81 bits per heavy atom. The zero-order valence-electron chi connectivity index (χ0n) is 18.5. The lowest BCUT2D eigenvalue weighted by atomic mass is 9.94. The lowest BCUT2D eigenvalue weighted by molar-refractivity contribution is -0.140. The summed E-state index contributed by atoms with van der Waals surface area (Å²) in [6, 6.07) is 12.6. The fourth-order valence-electron chi connectivity index (χ4n) is 4.03. The zero-order valence-corrected chi connectivity index (χ0v) is 20.1. The number of hydrogen-bond donors (Lipinski definition) is 1. The zero-order chi connectivity index (χ0) is 22.7. The molecule has 5 nitrogen and oxygen atoms in total. The summed E-state index contributed by atoms with van der Waals surface area (Å²) in [7, 11) is 0. The lowest BCUT2D eigenvalue weighted by Crippen LogP contribution is -2.38. The molecule has 1 N–H and O–H groups in total. The molecule has 1 unspecified atom stereocenters. The van der Waals surface area contributed by atoms with Gasteiger partial charge < -0.3 is 14.9 Å². The number of aliphatic hydroxyl groups is 1. The summed E-state index contributed by atoms with van der Waals surface area (Å²) in [6.07, 6.45) is 0. The van der Waals surface area contributed by atoms with E-state index in [9.17, 15) is 14.7 Å². The summed E-state index contributed by atoms with van der Waals surface area (Å²) in [5.74, 6) is -1.33. The second kappa shape index (κ2) is 9.79. The van der Waals surface area contributed by atoms with Crippen LogP contribution in [-0.4, -0.2) is 52.8 Å². The molecular formula is C25H29BrN2O3. The molecule has 1 amide bonds. The number of likely N-dealkylation sites (N-methyl/N-ethyl adjacent to an activating group) is 1. The second-order valence-corrected chi connectivity index (χ2v) is 8.75. The van der Waals surface area contributed by atoms with E-state index in [2.05, 4.69) is 34.7 Å². The molecule has 3 rings (SSSR count). The van der Waals surface area contributed by atoms with Gasteiger partial charge in [0.05, 0.1) is 11.6 Å².